The molecule has 0 aliphatic carbocycles. The van der Waals surface area contributed by atoms with Gasteiger partial charge in [0, 0.05) is 25.7 Å². The van der Waals surface area contributed by atoms with Gasteiger partial charge in [-0.2, -0.15) is 0 Å². The van der Waals surface area contributed by atoms with Crippen LogP contribution in [0, 0.1) is 0 Å². The number of piperazine rings is 1. The lowest BCUT2D eigenvalue weighted by Crippen LogP contribution is -2.52. The van der Waals surface area contributed by atoms with Crippen molar-refractivity contribution in [3.8, 4) is 0 Å². The summed E-state index contributed by atoms with van der Waals surface area (Å²) in [6.07, 6.45) is 5.40. The molecule has 2 rings (SSSR count). The zero-order valence-corrected chi connectivity index (χ0v) is 11.1. The molecule has 17 heavy (non-hydrogen) atoms. The predicted molar refractivity (Wildman–Crippen MR) is 69.8 cm³/mol. The van der Waals surface area contributed by atoms with E-state index in [-0.39, 0.29) is 6.04 Å². The molecule has 2 aliphatic heterocycles. The molecule has 0 amide bonds. The van der Waals surface area contributed by atoms with E-state index in [1.54, 1.807) is 0 Å². The van der Waals surface area contributed by atoms with Crippen LogP contribution in [-0.4, -0.2) is 62.2 Å². The molecule has 0 spiro atoms. The van der Waals surface area contributed by atoms with Gasteiger partial charge >= 0.3 is 0 Å². The Kier molecular flexibility index (Phi) is 4.42. The van der Waals surface area contributed by atoms with Gasteiger partial charge in [-0.25, -0.2) is 0 Å². The summed E-state index contributed by atoms with van der Waals surface area (Å²) in [4.78, 5) is 4.80. The number of hydrogen-bond acceptors (Lipinski definition) is 4. The van der Waals surface area contributed by atoms with Crippen LogP contribution in [0.3, 0.4) is 0 Å². The lowest BCUT2D eigenvalue weighted by Gasteiger charge is -2.39. The van der Waals surface area contributed by atoms with Gasteiger partial charge in [-0.1, -0.05) is 0 Å². The highest BCUT2D eigenvalue weighted by Crippen LogP contribution is 2.18. The summed E-state index contributed by atoms with van der Waals surface area (Å²) in [5.41, 5.74) is 6.25. The quantitative estimate of drug-likeness (QED) is 0.785. The van der Waals surface area contributed by atoms with E-state index in [9.17, 15) is 0 Å². The Hall–Kier alpha value is -0.580. The Balaban J connectivity index is 1.88. The first-order valence-electron chi connectivity index (χ1n) is 6.64. The van der Waals surface area contributed by atoms with Crippen LogP contribution in [0.25, 0.3) is 0 Å². The van der Waals surface area contributed by atoms with Crippen molar-refractivity contribution in [3.63, 3.8) is 0 Å². The second kappa shape index (κ2) is 5.85. The minimum Gasteiger partial charge on any atom is -0.497 e. The molecular formula is C13H25N3O. The van der Waals surface area contributed by atoms with Crippen molar-refractivity contribution in [1.29, 1.82) is 0 Å². The summed E-state index contributed by atoms with van der Waals surface area (Å²) in [6, 6.07) is 0.615. The van der Waals surface area contributed by atoms with Crippen LogP contribution in [0.1, 0.15) is 19.3 Å². The van der Waals surface area contributed by atoms with Crippen molar-refractivity contribution < 1.29 is 4.74 Å². The predicted octanol–water partition coefficient (Wildman–Crippen LogP) is 0.644. The summed E-state index contributed by atoms with van der Waals surface area (Å²) in [6.45, 7) is 4.23. The number of hydrogen-bond donors (Lipinski definition) is 1. The van der Waals surface area contributed by atoms with Crippen molar-refractivity contribution in [2.45, 2.75) is 31.3 Å². The van der Waals surface area contributed by atoms with Crippen molar-refractivity contribution in [3.05, 3.63) is 11.8 Å². The second-order valence-corrected chi connectivity index (χ2v) is 5.34. The van der Waals surface area contributed by atoms with Crippen molar-refractivity contribution in [2.24, 2.45) is 5.73 Å². The van der Waals surface area contributed by atoms with Crippen LogP contribution in [0.5, 0.6) is 0 Å². The standard InChI is InChI=1S/C13H25N3O/c1-15-6-7-16(2)11(10-15)9-12(14)13-5-3-4-8-17-13/h5,11-12H,3-4,6-10,14H2,1-2H3. The first-order chi connectivity index (χ1) is 8.16. The fourth-order valence-corrected chi connectivity index (χ4v) is 2.60. The van der Waals surface area contributed by atoms with Gasteiger partial charge in [0.05, 0.1) is 12.6 Å². The number of likely N-dealkylation sites (N-methyl/N-ethyl adjacent to an activating group) is 2. The average Bonchev–Trinajstić information content (AvgIpc) is 2.35. The zero-order chi connectivity index (χ0) is 12.3. The van der Waals surface area contributed by atoms with E-state index >= 15 is 0 Å². The molecule has 98 valence electrons. The van der Waals surface area contributed by atoms with E-state index in [2.05, 4.69) is 30.0 Å². The van der Waals surface area contributed by atoms with Crippen LogP contribution in [0.15, 0.2) is 11.8 Å². The van der Waals surface area contributed by atoms with Gasteiger partial charge in [0.25, 0.3) is 0 Å². The molecule has 0 aromatic heterocycles. The minimum absolute atomic E-state index is 0.0641. The van der Waals surface area contributed by atoms with Gasteiger partial charge < -0.3 is 20.3 Å². The Morgan fingerprint density at radius 3 is 3.00 bits per heavy atom. The van der Waals surface area contributed by atoms with Gasteiger partial charge in [0.1, 0.15) is 5.76 Å². The summed E-state index contributed by atoms with van der Waals surface area (Å²) in [7, 11) is 4.38. The average molecular weight is 239 g/mol. The Labute approximate surface area is 104 Å². The molecule has 0 bridgehead atoms. The topological polar surface area (TPSA) is 41.7 Å². The van der Waals surface area contributed by atoms with Gasteiger partial charge in [-0.15, -0.1) is 0 Å². The van der Waals surface area contributed by atoms with Gasteiger partial charge in [-0.3, -0.25) is 0 Å². The number of nitrogens with two attached hydrogens (primary N) is 1. The molecule has 0 aromatic rings. The zero-order valence-electron chi connectivity index (χ0n) is 11.1. The summed E-state index contributed by atoms with van der Waals surface area (Å²) < 4.78 is 5.65. The summed E-state index contributed by atoms with van der Waals surface area (Å²) in [5.74, 6) is 1.01. The second-order valence-electron chi connectivity index (χ2n) is 5.34. The molecule has 1 fully saturated rings. The van der Waals surface area contributed by atoms with E-state index in [0.717, 1.165) is 51.3 Å². The van der Waals surface area contributed by atoms with E-state index < -0.39 is 0 Å². The highest BCUT2D eigenvalue weighted by molar-refractivity contribution is 5.05. The van der Waals surface area contributed by atoms with Gasteiger partial charge in [0.2, 0.25) is 0 Å². The molecule has 0 saturated carbocycles. The third kappa shape index (κ3) is 3.44. The number of ether oxygens (including phenoxy) is 1. The van der Waals surface area contributed by atoms with E-state index in [4.69, 9.17) is 10.5 Å². The minimum atomic E-state index is 0.0641. The maximum Gasteiger partial charge on any atom is 0.109 e. The third-order valence-corrected chi connectivity index (χ3v) is 3.83. The lowest BCUT2D eigenvalue weighted by molar-refractivity contribution is 0.0966. The molecule has 2 unspecified atom stereocenters. The van der Waals surface area contributed by atoms with Crippen LogP contribution in [-0.2, 0) is 4.74 Å². The maximum absolute atomic E-state index is 6.25. The molecule has 1 saturated heterocycles. The number of rotatable bonds is 3. The monoisotopic (exact) mass is 239 g/mol. The van der Waals surface area contributed by atoms with Crippen molar-refractivity contribution in [1.82, 2.24) is 9.80 Å². The van der Waals surface area contributed by atoms with E-state index in [1.165, 1.54) is 0 Å². The van der Waals surface area contributed by atoms with Crippen LogP contribution in [0.4, 0.5) is 0 Å². The maximum atomic E-state index is 6.25. The molecule has 2 aliphatic rings. The van der Waals surface area contributed by atoms with E-state index in [1.807, 2.05) is 0 Å². The van der Waals surface area contributed by atoms with Gasteiger partial charge in [0.15, 0.2) is 0 Å². The first kappa shape index (κ1) is 12.9. The highest BCUT2D eigenvalue weighted by atomic mass is 16.5. The number of nitrogens with zero attached hydrogens (tertiary/aromatic N) is 2. The SMILES string of the molecule is CN1CCN(C)C(CC(N)C2=CCCCO2)C1. The Bertz CT molecular complexity index is 280. The molecule has 2 heterocycles. The van der Waals surface area contributed by atoms with Gasteiger partial charge in [-0.05, 0) is 39.4 Å². The Morgan fingerprint density at radius 1 is 1.47 bits per heavy atom. The van der Waals surface area contributed by atoms with Crippen LogP contribution < -0.4 is 5.73 Å². The third-order valence-electron chi connectivity index (χ3n) is 3.83. The van der Waals surface area contributed by atoms with Crippen molar-refractivity contribution in [2.75, 3.05) is 40.3 Å². The molecular weight excluding hydrogens is 214 g/mol. The molecule has 0 radical (unpaired) electrons. The van der Waals surface area contributed by atoms with Crippen LogP contribution in [0.2, 0.25) is 0 Å². The Morgan fingerprint density at radius 2 is 2.29 bits per heavy atom. The lowest BCUT2D eigenvalue weighted by atomic mass is 10.0. The number of allylic oxidation sites excluding steroid dienone is 1. The molecule has 4 heteroatoms. The van der Waals surface area contributed by atoms with Crippen molar-refractivity contribution >= 4 is 0 Å². The first-order valence-corrected chi connectivity index (χ1v) is 6.64. The summed E-state index contributed by atoms with van der Waals surface area (Å²) in [5, 5.41) is 0. The summed E-state index contributed by atoms with van der Waals surface area (Å²) >= 11 is 0. The largest absolute Gasteiger partial charge is 0.497 e. The molecule has 2 atom stereocenters. The molecule has 0 aromatic carbocycles. The normalized spacial score (nSPS) is 29.6. The fraction of sp³-hybridized carbons (Fsp3) is 0.846. The van der Waals surface area contributed by atoms with Crippen LogP contribution >= 0.6 is 0 Å². The highest BCUT2D eigenvalue weighted by Gasteiger charge is 2.26. The molecule has 2 N–H and O–H groups in total. The van der Waals surface area contributed by atoms with E-state index in [0.29, 0.717) is 6.04 Å². The molecule has 4 nitrogen and oxygen atoms in total. The fourth-order valence-electron chi connectivity index (χ4n) is 2.60. The smallest absolute Gasteiger partial charge is 0.109 e.